The second-order valence-electron chi connectivity index (χ2n) is 11.4. The maximum absolute atomic E-state index is 14.7. The maximum atomic E-state index is 14.7. The molecule has 8 nitrogen and oxygen atoms in total. The Bertz CT molecular complexity index is 1660. The van der Waals surface area contributed by atoms with Crippen LogP contribution in [-0.2, 0) is 22.6 Å². The minimum atomic E-state index is -0.533. The molecule has 0 saturated carbocycles. The van der Waals surface area contributed by atoms with Crippen LogP contribution < -0.4 is 9.47 Å². The first-order chi connectivity index (χ1) is 21.0. The number of pyridine rings is 1. The van der Waals surface area contributed by atoms with Crippen molar-refractivity contribution in [2.75, 3.05) is 33.4 Å². The van der Waals surface area contributed by atoms with Crippen LogP contribution in [0.5, 0.6) is 11.5 Å². The van der Waals surface area contributed by atoms with Crippen LogP contribution in [0.3, 0.4) is 0 Å². The molecule has 2 saturated heterocycles. The number of likely N-dealkylation sites (tertiary alicyclic amines) is 1. The van der Waals surface area contributed by atoms with Crippen LogP contribution in [-0.4, -0.2) is 59.0 Å². The minimum Gasteiger partial charge on any atom is -0.495 e. The molecule has 5 heterocycles. The highest BCUT2D eigenvalue weighted by Gasteiger charge is 2.31. The Morgan fingerprint density at radius 1 is 1.09 bits per heavy atom. The van der Waals surface area contributed by atoms with Crippen molar-refractivity contribution in [1.82, 2.24) is 19.4 Å². The molecule has 4 aromatic rings. The van der Waals surface area contributed by atoms with E-state index in [2.05, 4.69) is 22.1 Å². The number of piperidine rings is 1. The van der Waals surface area contributed by atoms with Gasteiger partial charge in [-0.2, -0.15) is 0 Å². The van der Waals surface area contributed by atoms with E-state index in [0.717, 1.165) is 74.6 Å². The van der Waals surface area contributed by atoms with E-state index in [4.69, 9.17) is 40.5 Å². The third-order valence-corrected chi connectivity index (χ3v) is 8.98. The van der Waals surface area contributed by atoms with Gasteiger partial charge in [0.15, 0.2) is 23.3 Å². The molecule has 224 valence electrons. The average Bonchev–Trinajstić information content (AvgIpc) is 3.34. The van der Waals surface area contributed by atoms with Crippen LogP contribution in [0.25, 0.3) is 16.9 Å². The summed E-state index contributed by atoms with van der Waals surface area (Å²) < 4.78 is 40.5. The molecule has 1 unspecified atom stereocenters. The third kappa shape index (κ3) is 5.57. The minimum absolute atomic E-state index is 0.176. The van der Waals surface area contributed by atoms with E-state index in [1.54, 1.807) is 19.2 Å². The van der Waals surface area contributed by atoms with Gasteiger partial charge in [-0.15, -0.1) is 0 Å². The predicted octanol–water partition coefficient (Wildman–Crippen LogP) is 6.52. The summed E-state index contributed by atoms with van der Waals surface area (Å²) in [7, 11) is 1.60. The van der Waals surface area contributed by atoms with Crippen molar-refractivity contribution in [2.45, 2.75) is 50.5 Å². The van der Waals surface area contributed by atoms with Gasteiger partial charge in [0.2, 0.25) is 0 Å². The van der Waals surface area contributed by atoms with Crippen molar-refractivity contribution in [3.05, 3.63) is 88.6 Å². The summed E-state index contributed by atoms with van der Waals surface area (Å²) in [6.45, 7) is 8.28. The molecule has 7 rings (SSSR count). The van der Waals surface area contributed by atoms with Crippen molar-refractivity contribution in [1.29, 1.82) is 0 Å². The van der Waals surface area contributed by atoms with E-state index in [1.807, 2.05) is 24.3 Å². The lowest BCUT2D eigenvalue weighted by molar-refractivity contribution is -0.0593. The highest BCUT2D eigenvalue weighted by atomic mass is 35.5. The largest absolute Gasteiger partial charge is 0.495 e. The number of hydrogen-bond acceptors (Lipinski definition) is 7. The van der Waals surface area contributed by atoms with Crippen LogP contribution in [0.2, 0.25) is 5.02 Å². The molecule has 2 aromatic carbocycles. The lowest BCUT2D eigenvalue weighted by Crippen LogP contribution is -2.35. The second kappa shape index (κ2) is 11.8. The quantitative estimate of drug-likeness (QED) is 0.212. The van der Waals surface area contributed by atoms with Crippen LogP contribution in [0.4, 0.5) is 4.39 Å². The number of hydrogen-bond donors (Lipinski definition) is 0. The molecular formula is C33H34ClFN4O4. The highest BCUT2D eigenvalue weighted by molar-refractivity contribution is 6.30. The Hall–Kier alpha value is -3.66. The molecule has 43 heavy (non-hydrogen) atoms. The number of ether oxygens (including phenoxy) is 4. The number of methoxy groups -OCH3 is 1. The number of benzene rings is 2. The van der Waals surface area contributed by atoms with Crippen molar-refractivity contribution < 1.29 is 23.3 Å². The van der Waals surface area contributed by atoms with Gasteiger partial charge >= 0.3 is 0 Å². The predicted molar refractivity (Wildman–Crippen MR) is 162 cm³/mol. The molecule has 10 heteroatoms. The van der Waals surface area contributed by atoms with E-state index >= 15 is 0 Å². The van der Waals surface area contributed by atoms with Gasteiger partial charge in [0.1, 0.15) is 35.2 Å². The molecule has 0 spiro atoms. The molecule has 0 aliphatic carbocycles. The molecule has 2 fully saturated rings. The number of rotatable bonds is 8. The first-order valence-electron chi connectivity index (χ1n) is 14.8. The van der Waals surface area contributed by atoms with Gasteiger partial charge in [0.25, 0.3) is 0 Å². The Morgan fingerprint density at radius 2 is 1.93 bits per heavy atom. The summed E-state index contributed by atoms with van der Waals surface area (Å²) in [4.78, 5) is 12.3. The molecule has 0 radical (unpaired) electrons. The zero-order valence-electron chi connectivity index (χ0n) is 24.1. The van der Waals surface area contributed by atoms with Crippen LogP contribution in [0.15, 0.2) is 55.1 Å². The first-order valence-corrected chi connectivity index (χ1v) is 15.2. The second-order valence-corrected chi connectivity index (χ2v) is 11.8. The Balaban J connectivity index is 1.07. The SMILES string of the molecule is C=C(OC)c1ccc2nc(CN3CCC(c4cccc5c4OC(c4ccc(Cl)cc4F)CO5)CC3)n(C[C@@H]3CCO3)c2n1. The number of fused-ring (bicyclic) bond motifs is 2. The zero-order chi connectivity index (χ0) is 29.5. The lowest BCUT2D eigenvalue weighted by atomic mass is 9.88. The zero-order valence-corrected chi connectivity index (χ0v) is 24.9. The molecule has 0 bridgehead atoms. The van der Waals surface area contributed by atoms with E-state index in [1.165, 1.54) is 6.07 Å². The van der Waals surface area contributed by atoms with Gasteiger partial charge in [0, 0.05) is 22.8 Å². The van der Waals surface area contributed by atoms with Crippen LogP contribution >= 0.6 is 11.6 Å². The summed E-state index contributed by atoms with van der Waals surface area (Å²) in [5.74, 6) is 2.85. The monoisotopic (exact) mass is 604 g/mol. The van der Waals surface area contributed by atoms with Crippen molar-refractivity contribution in [3.8, 4) is 11.5 Å². The molecule has 2 atom stereocenters. The summed E-state index contributed by atoms with van der Waals surface area (Å²) in [6, 6.07) is 14.6. The molecule has 2 aromatic heterocycles. The summed E-state index contributed by atoms with van der Waals surface area (Å²) in [5, 5.41) is 0.357. The fraction of sp³-hybridized carbons (Fsp3) is 0.394. The fourth-order valence-corrected chi connectivity index (χ4v) is 6.37. The summed E-state index contributed by atoms with van der Waals surface area (Å²) in [5.41, 5.74) is 3.95. The van der Waals surface area contributed by atoms with Gasteiger partial charge in [-0.3, -0.25) is 4.90 Å². The Kier molecular flexibility index (Phi) is 7.71. The highest BCUT2D eigenvalue weighted by Crippen LogP contribution is 2.45. The van der Waals surface area contributed by atoms with E-state index in [9.17, 15) is 4.39 Å². The van der Waals surface area contributed by atoms with Gasteiger partial charge in [0.05, 0.1) is 26.3 Å². The van der Waals surface area contributed by atoms with Gasteiger partial charge in [-0.05, 0) is 68.6 Å². The number of halogens is 2. The van der Waals surface area contributed by atoms with Gasteiger partial charge in [-0.1, -0.05) is 36.4 Å². The molecule has 0 N–H and O–H groups in total. The van der Waals surface area contributed by atoms with Crippen molar-refractivity contribution in [3.63, 3.8) is 0 Å². The standard InChI is InChI=1S/C33H34ClFN4O4/c1-20(40-2)27-8-9-28-33(37-27)39(17-23-12-15-41-23)31(36-28)18-38-13-10-21(11-14-38)24-4-3-5-29-32(24)43-30(19-42-29)25-7-6-22(34)16-26(25)35/h3-9,16,21,23,30H,1,10-15,17-19H2,2H3/t23-,30?/m0/s1. The maximum Gasteiger partial charge on any atom is 0.165 e. The van der Waals surface area contributed by atoms with Crippen LogP contribution in [0, 0.1) is 5.82 Å². The van der Waals surface area contributed by atoms with Gasteiger partial charge in [-0.25, -0.2) is 14.4 Å². The van der Waals surface area contributed by atoms with E-state index < -0.39 is 6.10 Å². The first kappa shape index (κ1) is 28.1. The van der Waals surface area contributed by atoms with Crippen molar-refractivity contribution in [2.24, 2.45) is 0 Å². The Morgan fingerprint density at radius 3 is 2.67 bits per heavy atom. The molecular weight excluding hydrogens is 571 g/mol. The lowest BCUT2D eigenvalue weighted by Gasteiger charge is -2.35. The molecule has 3 aliphatic rings. The number of nitrogens with zero attached hydrogens (tertiary/aromatic N) is 4. The topological polar surface area (TPSA) is 70.9 Å². The number of imidazole rings is 1. The van der Waals surface area contributed by atoms with Crippen LogP contribution in [0.1, 0.15) is 53.9 Å². The van der Waals surface area contributed by atoms with E-state index in [0.29, 0.717) is 39.5 Å². The molecule has 3 aliphatic heterocycles. The third-order valence-electron chi connectivity index (χ3n) is 8.74. The average molecular weight is 605 g/mol. The number of para-hydroxylation sites is 1. The summed E-state index contributed by atoms with van der Waals surface area (Å²) in [6.07, 6.45) is 2.60. The normalized spacial score (nSPS) is 20.6. The fourth-order valence-electron chi connectivity index (χ4n) is 6.21. The van der Waals surface area contributed by atoms with Crippen molar-refractivity contribution >= 4 is 28.5 Å². The number of aromatic nitrogens is 3. The smallest absolute Gasteiger partial charge is 0.165 e. The van der Waals surface area contributed by atoms with Gasteiger partial charge < -0.3 is 23.5 Å². The Labute approximate surface area is 255 Å². The summed E-state index contributed by atoms with van der Waals surface area (Å²) >= 11 is 5.97. The molecule has 0 amide bonds. The van der Waals surface area contributed by atoms with E-state index in [-0.39, 0.29) is 18.5 Å².